The molecule has 19 rings (SSSR count). The van der Waals surface area contributed by atoms with E-state index < -0.39 is 66.0 Å². The molecule has 4 unspecified atom stereocenters. The standard InChI is InChI=1S/2C24H19F2N3OS.C23H23F2N3O2S.C21H21F2N3O2S.2CH4/c25-18-9-10-21(26)19(14-18)23-28-29(22(30)13-16-5-4-12-27-15-16)24(31-23)11-3-7-17-6-1-2-8-20(17)24;25-18-7-8-21(26)19(15-18)23-28-29(22(30)14-16-9-12-27-13-10-16)24(31-23)11-3-5-17-4-1-2-6-20(17)24;24-16-5-6-19(25)17(14-16)22-27-28(21(29)13-15-7-10-26-11-8-15)23(31-22)9-12-30-20-4-2-1-3-18(20)23;22-14-8-9-17(23)15(13-14)20-25-26(19(27)7-3-4-11-24)21(29-20)10-12-28-18-6-2-1-5-16(18)21;;/h1-2,4-6,8-10,12,14-15H,3,7,11,13H2;1-2,4,6-10,12-13,15H,3,5,11,14H2;1-6,14-15,26H,7-13H2;1-2,5-6,8-9,13H,3-4,7,10-12,24H2;2*1H4. The lowest BCUT2D eigenvalue weighted by Crippen LogP contribution is -2.45. The number of pyridine rings is 2. The van der Waals surface area contributed by atoms with Crippen molar-refractivity contribution in [1.29, 1.82) is 0 Å². The summed E-state index contributed by atoms with van der Waals surface area (Å²) in [6.45, 7) is 3.11. The third-order valence-electron chi connectivity index (χ3n) is 22.5. The Kier molecular flexibility index (Phi) is 28.1. The van der Waals surface area contributed by atoms with E-state index >= 15 is 0 Å². The predicted molar refractivity (Wildman–Crippen MR) is 470 cm³/mol. The zero-order valence-electron chi connectivity index (χ0n) is 65.9. The number of para-hydroxylation sites is 2. The molecular formula is C94H90F8N12O6S4. The molecule has 2 aromatic heterocycles. The molecule has 0 bridgehead atoms. The minimum atomic E-state index is -0.845. The topological polar surface area (TPSA) is 213 Å². The summed E-state index contributed by atoms with van der Waals surface area (Å²) in [5.74, 6) is -3.46. The third kappa shape index (κ3) is 18.4. The van der Waals surface area contributed by atoms with E-state index in [4.69, 9.17) is 15.2 Å². The summed E-state index contributed by atoms with van der Waals surface area (Å²) in [6, 6.07) is 51.4. The van der Waals surface area contributed by atoms with Gasteiger partial charge in [0.05, 0.1) is 26.1 Å². The van der Waals surface area contributed by atoms with Crippen LogP contribution in [0.1, 0.15) is 159 Å². The number of ether oxygens (including phenoxy) is 2. The number of hydrogen-bond acceptors (Lipinski definition) is 18. The average molecular weight is 1760 g/mol. The molecule has 7 aliphatic heterocycles. The lowest BCUT2D eigenvalue weighted by Gasteiger charge is -2.40. The molecule has 30 heteroatoms. The molecule has 3 N–H and O–H groups in total. The van der Waals surface area contributed by atoms with Crippen molar-refractivity contribution in [3.63, 3.8) is 0 Å². The second kappa shape index (κ2) is 39.0. The molecule has 0 saturated carbocycles. The molecule has 4 amide bonds. The highest BCUT2D eigenvalue weighted by Gasteiger charge is 2.56. The fraction of sp³-hybridized carbons (Fsp3) is 0.298. The number of hydrogen-bond donors (Lipinski definition) is 2. The molecule has 8 aromatic carbocycles. The second-order valence-corrected chi connectivity index (χ2v) is 35.5. The summed E-state index contributed by atoms with van der Waals surface area (Å²) in [4.78, 5) is 58.3. The molecule has 0 radical (unpaired) electrons. The van der Waals surface area contributed by atoms with E-state index in [9.17, 15) is 54.3 Å². The highest BCUT2D eigenvalue weighted by Crippen LogP contribution is 2.59. The molecule has 1 saturated heterocycles. The fourth-order valence-electron chi connectivity index (χ4n) is 16.7. The Morgan fingerprint density at radius 2 is 0.806 bits per heavy atom. The van der Waals surface area contributed by atoms with Gasteiger partial charge in [-0.2, -0.15) is 20.4 Å². The highest BCUT2D eigenvalue weighted by molar-refractivity contribution is 8.16. The number of carbonyl (C=O) groups excluding carboxylic acids is 4. The summed E-state index contributed by atoms with van der Waals surface area (Å²) >= 11 is 5.25. The number of thioether (sulfide) groups is 4. The normalized spacial score (nSPS) is 20.6. The van der Waals surface area contributed by atoms with E-state index in [1.807, 2.05) is 91.0 Å². The first-order valence-corrected chi connectivity index (χ1v) is 43.6. The Balaban J connectivity index is 0.000000134. The van der Waals surface area contributed by atoms with Gasteiger partial charge in [0, 0.05) is 83.9 Å². The van der Waals surface area contributed by atoms with Gasteiger partial charge >= 0.3 is 0 Å². The zero-order valence-corrected chi connectivity index (χ0v) is 69.1. The number of aryl methyl sites for hydroxylation is 2. The number of hydrazone groups is 4. The highest BCUT2D eigenvalue weighted by atomic mass is 32.2. The monoisotopic (exact) mass is 1760 g/mol. The number of nitrogens with two attached hydrogens (primary N) is 1. The zero-order chi connectivity index (χ0) is 84.7. The fourth-order valence-corrected chi connectivity index (χ4v) is 22.5. The quantitative estimate of drug-likeness (QED) is 0.0766. The molecule has 642 valence electrons. The number of halogens is 8. The van der Waals surface area contributed by atoms with Crippen molar-refractivity contribution in [2.24, 2.45) is 32.1 Å². The number of nitrogens with zero attached hydrogens (tertiary/aromatic N) is 10. The lowest BCUT2D eigenvalue weighted by molar-refractivity contribution is -0.137. The molecule has 2 aliphatic carbocycles. The smallest absolute Gasteiger partial charge is 0.248 e. The van der Waals surface area contributed by atoms with Crippen LogP contribution in [0.15, 0.2) is 239 Å². The van der Waals surface area contributed by atoms with Crippen molar-refractivity contribution in [3.05, 3.63) is 332 Å². The van der Waals surface area contributed by atoms with Gasteiger partial charge in [-0.25, -0.2) is 55.2 Å². The molecule has 4 atom stereocenters. The van der Waals surface area contributed by atoms with Crippen molar-refractivity contribution < 1.29 is 63.8 Å². The van der Waals surface area contributed by atoms with E-state index in [0.29, 0.717) is 84.9 Å². The number of nitrogens with one attached hydrogen (secondary N) is 1. The second-order valence-electron chi connectivity index (χ2n) is 30.4. The van der Waals surface area contributed by atoms with Crippen LogP contribution >= 0.6 is 47.0 Å². The van der Waals surface area contributed by atoms with Gasteiger partial charge in [-0.3, -0.25) is 29.1 Å². The number of aromatic nitrogens is 2. The predicted octanol–water partition coefficient (Wildman–Crippen LogP) is 19.5. The van der Waals surface area contributed by atoms with Crippen LogP contribution in [0.25, 0.3) is 0 Å². The van der Waals surface area contributed by atoms with Gasteiger partial charge < -0.3 is 20.5 Å². The van der Waals surface area contributed by atoms with Crippen molar-refractivity contribution in [1.82, 2.24) is 35.3 Å². The van der Waals surface area contributed by atoms with E-state index in [-0.39, 0.29) is 91.0 Å². The van der Waals surface area contributed by atoms with Gasteiger partial charge in [0.25, 0.3) is 0 Å². The number of piperidine rings is 1. The summed E-state index contributed by atoms with van der Waals surface area (Å²) in [6.07, 6.45) is 16.7. The molecular weight excluding hydrogens is 1670 g/mol. The Hall–Kier alpha value is -11.0. The number of benzene rings is 8. The maximum Gasteiger partial charge on any atom is 0.248 e. The molecule has 18 nitrogen and oxygen atoms in total. The third-order valence-corrected chi connectivity index (χ3v) is 28.3. The van der Waals surface area contributed by atoms with Crippen LogP contribution in [0.4, 0.5) is 35.1 Å². The van der Waals surface area contributed by atoms with Crippen molar-refractivity contribution in [3.8, 4) is 11.5 Å². The van der Waals surface area contributed by atoms with Gasteiger partial charge in [-0.1, -0.05) is 153 Å². The molecule has 9 aliphatic rings. The Morgan fingerprint density at radius 3 is 1.23 bits per heavy atom. The lowest BCUT2D eigenvalue weighted by atomic mass is 9.86. The maximum absolute atomic E-state index is 14.6. The van der Waals surface area contributed by atoms with Crippen LogP contribution in [0.5, 0.6) is 11.5 Å². The van der Waals surface area contributed by atoms with Gasteiger partial charge in [-0.05, 0) is 226 Å². The number of amides is 4. The number of unbranched alkanes of at least 4 members (excludes halogenated alkanes) is 1. The largest absolute Gasteiger partial charge is 0.493 e. The first-order chi connectivity index (χ1) is 59.2. The maximum atomic E-state index is 14.6. The Labute approximate surface area is 731 Å². The first-order valence-electron chi connectivity index (χ1n) is 40.3. The van der Waals surface area contributed by atoms with Crippen molar-refractivity contribution >= 4 is 90.9 Å². The van der Waals surface area contributed by atoms with Crippen LogP contribution < -0.4 is 20.5 Å². The van der Waals surface area contributed by atoms with Gasteiger partial charge in [0.1, 0.15) is 97.7 Å². The summed E-state index contributed by atoms with van der Waals surface area (Å²) < 4.78 is 125. The number of rotatable bonds is 14. The number of carbonyl (C=O) groups is 4. The van der Waals surface area contributed by atoms with Crippen LogP contribution in [-0.2, 0) is 64.3 Å². The van der Waals surface area contributed by atoms with Gasteiger partial charge in [0.2, 0.25) is 23.6 Å². The minimum Gasteiger partial charge on any atom is -0.493 e. The summed E-state index contributed by atoms with van der Waals surface area (Å²) in [7, 11) is 0. The molecule has 10 aromatic rings. The molecule has 124 heavy (non-hydrogen) atoms. The SMILES string of the molecule is C.C.NCCCCC(=O)N1N=C(c2cc(F)ccc2F)SC12CCOc1ccccc12.O=C(CC1CCNCC1)N1N=C(c2cc(F)ccc2F)SC12CCOc1ccccc12.O=C(Cc1cccnc1)N1N=C(c2cc(F)ccc2F)SC12CCCc1ccccc12.O=C(Cc1ccncc1)N1N=C(c2cc(F)ccc2F)SC12CCCc1ccccc12. The molecule has 9 heterocycles. The van der Waals surface area contributed by atoms with Crippen LogP contribution in [0, 0.1) is 52.5 Å². The number of fused-ring (bicyclic) bond motifs is 8. The summed E-state index contributed by atoms with van der Waals surface area (Å²) in [5.41, 5.74) is 13.4. The van der Waals surface area contributed by atoms with E-state index in [2.05, 4.69) is 47.8 Å². The average Bonchev–Trinajstić information content (AvgIpc) is 1.58. The van der Waals surface area contributed by atoms with Crippen LogP contribution in [0.2, 0.25) is 0 Å². The first kappa shape index (κ1) is 89.3. The molecule has 1 fully saturated rings. The van der Waals surface area contributed by atoms with Crippen LogP contribution in [0.3, 0.4) is 0 Å². The molecule has 4 spiro atoms. The van der Waals surface area contributed by atoms with Gasteiger partial charge in [0.15, 0.2) is 0 Å². The minimum absolute atomic E-state index is 0. The van der Waals surface area contributed by atoms with Gasteiger partial charge in [-0.15, -0.1) is 0 Å². The summed E-state index contributed by atoms with van der Waals surface area (Å²) in [5, 5.41) is 28.7. The van der Waals surface area contributed by atoms with E-state index in [1.54, 1.807) is 43.0 Å². The van der Waals surface area contributed by atoms with Crippen molar-refractivity contribution in [2.45, 2.75) is 137 Å². The van der Waals surface area contributed by atoms with Crippen molar-refractivity contribution in [2.75, 3.05) is 32.8 Å². The van der Waals surface area contributed by atoms with Crippen LogP contribution in [-0.4, -0.2) is 107 Å². The van der Waals surface area contributed by atoms with E-state index in [1.165, 1.54) is 67.1 Å². The Bertz CT molecular complexity index is 5580. The Morgan fingerprint density at radius 1 is 0.419 bits per heavy atom. The van der Waals surface area contributed by atoms with E-state index in [0.717, 1.165) is 175 Å².